The number of hydrogen-bond donors (Lipinski definition) is 10. The van der Waals surface area contributed by atoms with E-state index in [4.69, 9.17) is 23.5 Å². The number of carbonyl (C=O) groups is 3. The Morgan fingerprint density at radius 3 is 1.53 bits per heavy atom. The van der Waals surface area contributed by atoms with Gasteiger partial charge in [-0.3, -0.25) is 18.9 Å². The van der Waals surface area contributed by atoms with Crippen molar-refractivity contribution < 1.29 is 82.8 Å². The Morgan fingerprint density at radius 1 is 0.569 bits per heavy atom. The molecule has 0 aliphatic carbocycles. The second-order valence-electron chi connectivity index (χ2n) is 20.3. The molecule has 0 spiro atoms. The first-order chi connectivity index (χ1) is 34.5. The van der Waals surface area contributed by atoms with Crippen LogP contribution < -0.4 is 10.6 Å². The highest BCUT2D eigenvalue weighted by atomic mass is 31.2. The van der Waals surface area contributed by atoms with Crippen LogP contribution in [0.25, 0.3) is 0 Å². The van der Waals surface area contributed by atoms with Crippen molar-refractivity contribution in [1.29, 1.82) is 0 Å². The number of hydrogen-bond acceptors (Lipinski definition) is 15. The highest BCUT2D eigenvalue weighted by molar-refractivity contribution is 7.46. The maximum atomic E-state index is 13.8. The van der Waals surface area contributed by atoms with Crippen LogP contribution >= 0.6 is 7.82 Å². The molecule has 0 aromatic carbocycles. The molecular formula is C52H99N2O17P. The van der Waals surface area contributed by atoms with Crippen molar-refractivity contribution in [3.63, 3.8) is 0 Å². The fraction of sp³-hybridized carbons (Fsp3) is 0.942. The van der Waals surface area contributed by atoms with Gasteiger partial charge in [-0.25, -0.2) is 4.57 Å². The standard InChI is InChI=1S/C52H99N2O17P/c1-4-7-10-13-16-19-22-25-28-31-38(56)34-42(57)53-45-48(61)47(60)41(69-51(45)63)37-67-52-46(49(62)50(40(36-55)70-52)71-72(64,65)66)54-43(58)35-39(32-29-26-23-20-17-14-11-8-5-2)68-44(59)33-30-27-24-21-18-15-12-9-6-3/h38-41,45-52,55-56,60-63H,4-37H2,1-3H3,(H,53,57)(H,54,58)(H2,64,65,66)/t38?,39?,40-,41-,45-,46-,47-,48-,49-,50-,51-,52-/m1/s1. The summed E-state index contributed by atoms with van der Waals surface area (Å²) < 4.78 is 39.8. The van der Waals surface area contributed by atoms with Crippen molar-refractivity contribution in [2.45, 2.75) is 300 Å². The first-order valence-electron chi connectivity index (χ1n) is 28.0. The number of phosphoric ester groups is 1. The quantitative estimate of drug-likeness (QED) is 0.0171. The summed E-state index contributed by atoms with van der Waals surface area (Å²) in [6.07, 6.45) is 13.6. The summed E-state index contributed by atoms with van der Waals surface area (Å²) in [4.78, 5) is 59.1. The second-order valence-corrected chi connectivity index (χ2v) is 21.5. The first-order valence-corrected chi connectivity index (χ1v) is 29.5. The first kappa shape index (κ1) is 66.3. The molecule has 0 aromatic rings. The minimum Gasteiger partial charge on any atom is -0.462 e. The van der Waals surface area contributed by atoms with Gasteiger partial charge in [0.2, 0.25) is 11.8 Å². The van der Waals surface area contributed by atoms with Crippen LogP contribution in [0.1, 0.15) is 226 Å². The molecular weight excluding hydrogens is 956 g/mol. The molecule has 72 heavy (non-hydrogen) atoms. The van der Waals surface area contributed by atoms with Crippen LogP contribution in [0.4, 0.5) is 0 Å². The summed E-state index contributed by atoms with van der Waals surface area (Å²) in [5, 5.41) is 70.1. The van der Waals surface area contributed by atoms with Crippen LogP contribution in [0.15, 0.2) is 0 Å². The van der Waals surface area contributed by atoms with E-state index in [9.17, 15) is 59.4 Å². The van der Waals surface area contributed by atoms with E-state index >= 15 is 0 Å². The lowest BCUT2D eigenvalue weighted by atomic mass is 9.95. The van der Waals surface area contributed by atoms with Gasteiger partial charge in [0.1, 0.15) is 54.8 Å². The maximum absolute atomic E-state index is 13.8. The van der Waals surface area contributed by atoms with Crippen molar-refractivity contribution in [1.82, 2.24) is 10.6 Å². The zero-order chi connectivity index (χ0) is 53.2. The monoisotopic (exact) mass is 1050 g/mol. The van der Waals surface area contributed by atoms with E-state index in [-0.39, 0.29) is 19.3 Å². The molecule has 0 bridgehead atoms. The molecule has 0 saturated carbocycles. The Morgan fingerprint density at radius 2 is 1.03 bits per heavy atom. The Bertz CT molecular complexity index is 1460. The molecule has 2 amide bonds. The Balaban J connectivity index is 2.08. The number of phosphoric acid groups is 1. The van der Waals surface area contributed by atoms with E-state index in [0.29, 0.717) is 25.7 Å². The number of unbranched alkanes of at least 4 members (excludes halogenated alkanes) is 24. The number of carbonyl (C=O) groups excluding carboxylic acids is 3. The van der Waals surface area contributed by atoms with Gasteiger partial charge in [-0.2, -0.15) is 0 Å². The molecule has 2 unspecified atom stereocenters. The van der Waals surface area contributed by atoms with Gasteiger partial charge in [-0.15, -0.1) is 0 Å². The van der Waals surface area contributed by atoms with E-state index in [1.54, 1.807) is 0 Å². The van der Waals surface area contributed by atoms with Crippen LogP contribution in [0.2, 0.25) is 0 Å². The average Bonchev–Trinajstić information content (AvgIpc) is 3.33. The minimum absolute atomic E-state index is 0.189. The third kappa shape index (κ3) is 28.9. The number of ether oxygens (including phenoxy) is 4. The summed E-state index contributed by atoms with van der Waals surface area (Å²) in [5.41, 5.74) is 0. The van der Waals surface area contributed by atoms with Crippen molar-refractivity contribution in [3.8, 4) is 0 Å². The number of aliphatic hydroxyl groups excluding tert-OH is 6. The lowest BCUT2D eigenvalue weighted by molar-refractivity contribution is -0.296. The summed E-state index contributed by atoms with van der Waals surface area (Å²) in [6.45, 7) is 4.94. The predicted molar refractivity (Wildman–Crippen MR) is 272 cm³/mol. The van der Waals surface area contributed by atoms with Gasteiger partial charge in [0.15, 0.2) is 12.6 Å². The van der Waals surface area contributed by atoms with Crippen molar-refractivity contribution in [2.75, 3.05) is 13.2 Å². The molecule has 2 aliphatic heterocycles. The fourth-order valence-electron chi connectivity index (χ4n) is 9.49. The van der Waals surface area contributed by atoms with Crippen molar-refractivity contribution in [2.24, 2.45) is 0 Å². The topological polar surface area (TPSA) is 300 Å². The highest BCUT2D eigenvalue weighted by Gasteiger charge is 2.51. The van der Waals surface area contributed by atoms with E-state index in [0.717, 1.165) is 77.0 Å². The molecule has 2 saturated heterocycles. The Kier molecular flexibility index (Phi) is 36.4. The zero-order valence-electron chi connectivity index (χ0n) is 44.2. The van der Waals surface area contributed by atoms with Crippen LogP contribution in [0.5, 0.6) is 0 Å². The van der Waals surface area contributed by atoms with Crippen molar-refractivity contribution in [3.05, 3.63) is 0 Å². The molecule has 2 heterocycles. The predicted octanol–water partition coefficient (Wildman–Crippen LogP) is 6.78. The molecule has 12 atom stereocenters. The molecule has 2 fully saturated rings. The van der Waals surface area contributed by atoms with Crippen LogP contribution in [-0.4, -0.2) is 145 Å². The molecule has 19 nitrogen and oxygen atoms in total. The lowest BCUT2D eigenvalue weighted by Crippen LogP contribution is -2.67. The van der Waals surface area contributed by atoms with Gasteiger partial charge in [0, 0.05) is 6.42 Å². The smallest absolute Gasteiger partial charge is 0.462 e. The van der Waals surface area contributed by atoms with E-state index < -0.39 is 112 Å². The molecule has 424 valence electrons. The van der Waals surface area contributed by atoms with E-state index in [1.807, 2.05) is 0 Å². The van der Waals surface area contributed by atoms with Gasteiger partial charge in [-0.05, 0) is 25.7 Å². The lowest BCUT2D eigenvalue weighted by Gasteiger charge is -2.45. The third-order valence-corrected chi connectivity index (χ3v) is 14.3. The number of esters is 1. The van der Waals surface area contributed by atoms with Gasteiger partial charge in [-0.1, -0.05) is 181 Å². The average molecular weight is 1060 g/mol. The molecule has 2 rings (SSSR count). The molecule has 20 heteroatoms. The fourth-order valence-corrected chi connectivity index (χ4v) is 10.1. The van der Waals surface area contributed by atoms with E-state index in [2.05, 4.69) is 31.4 Å². The van der Waals surface area contributed by atoms with Crippen LogP contribution in [0.3, 0.4) is 0 Å². The number of rotatable bonds is 43. The van der Waals surface area contributed by atoms with Gasteiger partial charge in [0.05, 0.1) is 32.2 Å². The second kappa shape index (κ2) is 39.5. The molecule has 10 N–H and O–H groups in total. The van der Waals surface area contributed by atoms with Gasteiger partial charge in [0.25, 0.3) is 0 Å². The zero-order valence-corrected chi connectivity index (χ0v) is 45.1. The van der Waals surface area contributed by atoms with E-state index in [1.165, 1.54) is 83.5 Å². The van der Waals surface area contributed by atoms with Gasteiger partial charge < -0.3 is 70.0 Å². The van der Waals surface area contributed by atoms with Gasteiger partial charge >= 0.3 is 13.8 Å². The minimum atomic E-state index is -5.30. The van der Waals surface area contributed by atoms with Crippen LogP contribution in [-0.2, 0) is 42.4 Å². The summed E-state index contributed by atoms with van der Waals surface area (Å²) in [5.74, 6) is -1.85. The SMILES string of the molecule is CCCCCCCCCCCC(=O)OC(CCCCCCCCCCC)CC(=O)N[C@H]1[C@H](OC[C@H]2O[C@@H](O)[C@H](NC(=O)CC(O)CCCCCCCCCCC)[C@@H](O)[C@@H]2O)O[C@H](CO)[C@@H](OP(=O)(O)O)[C@@H]1O. The van der Waals surface area contributed by atoms with Crippen LogP contribution in [0, 0.1) is 0 Å². The van der Waals surface area contributed by atoms with Crippen molar-refractivity contribution >= 4 is 25.6 Å². The Labute approximate surface area is 430 Å². The summed E-state index contributed by atoms with van der Waals surface area (Å²) >= 11 is 0. The third-order valence-electron chi connectivity index (χ3n) is 13.8. The summed E-state index contributed by atoms with van der Waals surface area (Å²) in [7, 11) is -5.30. The highest BCUT2D eigenvalue weighted by Crippen LogP contribution is 2.41. The molecule has 0 radical (unpaired) electrons. The molecule has 2 aliphatic rings. The normalized spacial score (nSPS) is 25.5. The molecule has 0 aromatic heterocycles. The largest absolute Gasteiger partial charge is 0.470 e. The maximum Gasteiger partial charge on any atom is 0.470 e. The Hall–Kier alpha value is -1.84. The summed E-state index contributed by atoms with van der Waals surface area (Å²) in [6, 6.07) is -3.12. The number of aliphatic hydroxyl groups is 6. The number of amides is 2. The number of nitrogens with one attached hydrogen (secondary N) is 2.